The Kier molecular flexibility index (Phi) is 4.20. The molecule has 21 heavy (non-hydrogen) atoms. The van der Waals surface area contributed by atoms with Crippen LogP contribution in [0, 0.1) is 28.1 Å². The van der Waals surface area contributed by atoms with Crippen molar-refractivity contribution in [2.24, 2.45) is 16.7 Å². The number of nitrogens with zero attached hydrogens (tertiary/aromatic N) is 2. The fourth-order valence-corrected chi connectivity index (χ4v) is 4.68. The molecule has 2 unspecified atom stereocenters. The van der Waals surface area contributed by atoms with Crippen LogP contribution in [0.15, 0.2) is 0 Å². The van der Waals surface area contributed by atoms with Crippen LogP contribution >= 0.6 is 0 Å². The summed E-state index contributed by atoms with van der Waals surface area (Å²) in [5.41, 5.74) is -1.34. The van der Waals surface area contributed by atoms with Crippen molar-refractivity contribution in [3.8, 4) is 6.07 Å². The van der Waals surface area contributed by atoms with E-state index >= 15 is 0 Å². The van der Waals surface area contributed by atoms with Crippen molar-refractivity contribution < 1.29 is 13.2 Å². The van der Waals surface area contributed by atoms with Gasteiger partial charge in [0.25, 0.3) is 0 Å². The number of hydrogen-bond acceptors (Lipinski definition) is 4. The molecule has 6 heteroatoms. The summed E-state index contributed by atoms with van der Waals surface area (Å²) in [7, 11) is -3.19. The molecule has 5 nitrogen and oxygen atoms in total. The van der Waals surface area contributed by atoms with Crippen LogP contribution in [-0.2, 0) is 14.8 Å². The van der Waals surface area contributed by atoms with E-state index in [0.717, 1.165) is 19.3 Å². The van der Waals surface area contributed by atoms with Gasteiger partial charge in [0.05, 0.1) is 12.3 Å². The number of Topliss-reactive ketones (excluding diaryl/α,β-unsaturated/α-hetero) is 1. The van der Waals surface area contributed by atoms with Gasteiger partial charge >= 0.3 is 0 Å². The van der Waals surface area contributed by atoms with E-state index in [2.05, 4.69) is 6.07 Å². The number of hydrogen-bond donors (Lipinski definition) is 0. The lowest BCUT2D eigenvalue weighted by atomic mass is 9.74. The second-order valence-electron chi connectivity index (χ2n) is 7.24. The average molecular weight is 312 g/mol. The first kappa shape index (κ1) is 16.4. The Hall–Kier alpha value is -0.930. The van der Waals surface area contributed by atoms with E-state index in [1.165, 1.54) is 10.6 Å². The van der Waals surface area contributed by atoms with Crippen molar-refractivity contribution in [2.45, 2.75) is 46.0 Å². The summed E-state index contributed by atoms with van der Waals surface area (Å²) in [4.78, 5) is 12.6. The number of sulfonamides is 1. The summed E-state index contributed by atoms with van der Waals surface area (Å²) in [5.74, 6) is 0.139. The zero-order valence-corrected chi connectivity index (χ0v) is 13.9. The van der Waals surface area contributed by atoms with E-state index in [1.54, 1.807) is 0 Å². The highest BCUT2D eigenvalue weighted by atomic mass is 32.2. The Bertz CT molecular complexity index is 576. The summed E-state index contributed by atoms with van der Waals surface area (Å²) in [6.45, 7) is 4.79. The molecule has 1 aliphatic heterocycles. The minimum absolute atomic E-state index is 0.0361. The lowest BCUT2D eigenvalue weighted by Gasteiger charge is -2.34. The van der Waals surface area contributed by atoms with Crippen LogP contribution in [0.3, 0.4) is 0 Å². The van der Waals surface area contributed by atoms with Gasteiger partial charge in [0, 0.05) is 18.5 Å². The second kappa shape index (κ2) is 5.36. The number of nitriles is 1. The maximum atomic E-state index is 12.6. The van der Waals surface area contributed by atoms with E-state index in [9.17, 15) is 18.5 Å². The SMILES string of the molecule is CC1(C)CCC(C#N)(CC2CCCN(S(C)(=O)=O)C2)C1=O. The summed E-state index contributed by atoms with van der Waals surface area (Å²) in [5, 5.41) is 9.57. The van der Waals surface area contributed by atoms with Crippen LogP contribution in [0.4, 0.5) is 0 Å². The molecule has 1 heterocycles. The van der Waals surface area contributed by atoms with E-state index < -0.39 is 20.9 Å². The lowest BCUT2D eigenvalue weighted by molar-refractivity contribution is -0.130. The van der Waals surface area contributed by atoms with Gasteiger partial charge in [-0.15, -0.1) is 0 Å². The standard InChI is InChI=1S/C15H24N2O3S/c1-14(2)6-7-15(11-16,13(14)18)9-12-5-4-8-17(10-12)21(3,19)20/h12H,4-10H2,1-3H3. The highest BCUT2D eigenvalue weighted by Crippen LogP contribution is 2.49. The summed E-state index contributed by atoms with van der Waals surface area (Å²) < 4.78 is 24.8. The zero-order valence-electron chi connectivity index (χ0n) is 13.1. The van der Waals surface area contributed by atoms with Crippen LogP contribution < -0.4 is 0 Å². The van der Waals surface area contributed by atoms with E-state index in [4.69, 9.17) is 0 Å². The highest BCUT2D eigenvalue weighted by molar-refractivity contribution is 7.88. The van der Waals surface area contributed by atoms with Crippen LogP contribution in [0.2, 0.25) is 0 Å². The Balaban J connectivity index is 2.14. The van der Waals surface area contributed by atoms with Gasteiger partial charge in [0.15, 0.2) is 5.78 Å². The number of ketones is 1. The summed E-state index contributed by atoms with van der Waals surface area (Å²) in [6.07, 6.45) is 4.75. The molecule has 0 radical (unpaired) electrons. The lowest BCUT2D eigenvalue weighted by Crippen LogP contribution is -2.42. The molecule has 118 valence electrons. The first-order valence-corrected chi connectivity index (χ1v) is 9.37. The molecular weight excluding hydrogens is 288 g/mol. The van der Waals surface area contributed by atoms with Crippen molar-refractivity contribution in [3.63, 3.8) is 0 Å². The molecule has 0 N–H and O–H groups in total. The van der Waals surface area contributed by atoms with Crippen molar-refractivity contribution in [2.75, 3.05) is 19.3 Å². The van der Waals surface area contributed by atoms with Crippen molar-refractivity contribution in [1.82, 2.24) is 4.31 Å². The molecule has 2 fully saturated rings. The number of piperidine rings is 1. The highest BCUT2D eigenvalue weighted by Gasteiger charge is 2.53. The number of carbonyl (C=O) groups is 1. The minimum atomic E-state index is -3.19. The summed E-state index contributed by atoms with van der Waals surface area (Å²) >= 11 is 0. The molecule has 0 aromatic carbocycles. The number of rotatable bonds is 3. The van der Waals surface area contributed by atoms with Crippen LogP contribution in [0.5, 0.6) is 0 Å². The van der Waals surface area contributed by atoms with E-state index in [-0.39, 0.29) is 11.7 Å². The van der Waals surface area contributed by atoms with Crippen LogP contribution in [-0.4, -0.2) is 37.9 Å². The van der Waals surface area contributed by atoms with Crippen molar-refractivity contribution >= 4 is 15.8 Å². The largest absolute Gasteiger partial charge is 0.297 e. The fourth-order valence-electron chi connectivity index (χ4n) is 3.74. The van der Waals surface area contributed by atoms with Gasteiger partial charge in [0.2, 0.25) is 10.0 Å². The Morgan fingerprint density at radius 2 is 2.05 bits per heavy atom. The molecule has 0 bridgehead atoms. The Morgan fingerprint density at radius 1 is 1.38 bits per heavy atom. The van der Waals surface area contributed by atoms with Gasteiger partial charge < -0.3 is 0 Å². The second-order valence-corrected chi connectivity index (χ2v) is 9.22. The van der Waals surface area contributed by atoms with E-state index in [1.807, 2.05) is 13.8 Å². The summed E-state index contributed by atoms with van der Waals surface area (Å²) in [6, 6.07) is 2.27. The van der Waals surface area contributed by atoms with Gasteiger partial charge in [-0.1, -0.05) is 13.8 Å². The van der Waals surface area contributed by atoms with Gasteiger partial charge in [-0.3, -0.25) is 4.79 Å². The Morgan fingerprint density at radius 3 is 2.52 bits per heavy atom. The van der Waals surface area contributed by atoms with Crippen LogP contribution in [0.1, 0.15) is 46.0 Å². The molecule has 0 amide bonds. The van der Waals surface area contributed by atoms with Gasteiger partial charge in [-0.2, -0.15) is 5.26 Å². The maximum absolute atomic E-state index is 12.6. The predicted octanol–water partition coefficient (Wildman–Crippen LogP) is 1.95. The smallest absolute Gasteiger partial charge is 0.211 e. The van der Waals surface area contributed by atoms with Crippen molar-refractivity contribution in [1.29, 1.82) is 5.26 Å². The average Bonchev–Trinajstić information content (AvgIpc) is 2.63. The maximum Gasteiger partial charge on any atom is 0.211 e. The molecule has 1 saturated carbocycles. The molecular formula is C15H24N2O3S. The third-order valence-corrected chi connectivity index (χ3v) is 6.30. The topological polar surface area (TPSA) is 78.2 Å². The number of carbonyl (C=O) groups excluding carboxylic acids is 1. The first-order valence-electron chi connectivity index (χ1n) is 7.52. The predicted molar refractivity (Wildman–Crippen MR) is 79.8 cm³/mol. The molecule has 1 saturated heterocycles. The monoisotopic (exact) mass is 312 g/mol. The molecule has 2 rings (SSSR count). The third-order valence-electron chi connectivity index (χ3n) is 5.03. The Labute approximate surface area is 127 Å². The molecule has 2 atom stereocenters. The third kappa shape index (κ3) is 3.14. The molecule has 2 aliphatic rings. The van der Waals surface area contributed by atoms with Gasteiger partial charge in [0.1, 0.15) is 5.41 Å². The van der Waals surface area contributed by atoms with Gasteiger partial charge in [-0.25, -0.2) is 12.7 Å². The zero-order chi connectivity index (χ0) is 15.9. The molecule has 0 aromatic rings. The minimum Gasteiger partial charge on any atom is -0.297 e. The van der Waals surface area contributed by atoms with Gasteiger partial charge in [-0.05, 0) is 38.0 Å². The molecule has 1 aliphatic carbocycles. The molecule has 0 spiro atoms. The quantitative estimate of drug-likeness (QED) is 0.798. The fraction of sp³-hybridized carbons (Fsp3) is 0.867. The normalized spacial score (nSPS) is 33.8. The first-order chi connectivity index (χ1) is 9.61. The van der Waals surface area contributed by atoms with Crippen LogP contribution in [0.25, 0.3) is 0 Å². The molecule has 0 aromatic heterocycles. The van der Waals surface area contributed by atoms with E-state index in [0.29, 0.717) is 25.9 Å². The van der Waals surface area contributed by atoms with Crippen molar-refractivity contribution in [3.05, 3.63) is 0 Å².